The maximum atomic E-state index is 10.7. The Hall–Kier alpha value is -2.18. The Morgan fingerprint density at radius 2 is 2.47 bits per heavy atom. The van der Waals surface area contributed by atoms with E-state index in [-0.39, 0.29) is 11.8 Å². The molecule has 0 radical (unpaired) electrons. The highest BCUT2D eigenvalue weighted by Crippen LogP contribution is 2.47. The van der Waals surface area contributed by atoms with E-state index in [0.29, 0.717) is 23.8 Å². The Morgan fingerprint density at radius 1 is 1.65 bits per heavy atom. The lowest BCUT2D eigenvalue weighted by Gasteiger charge is -1.87. The van der Waals surface area contributed by atoms with Crippen molar-refractivity contribution in [2.45, 2.75) is 12.3 Å². The third kappa shape index (κ3) is 1.69. The van der Waals surface area contributed by atoms with Crippen LogP contribution < -0.4 is 0 Å². The number of carboxylic acid groups (broad SMARTS) is 1. The molecule has 2 atom stereocenters. The fourth-order valence-corrected chi connectivity index (χ4v) is 1.77. The predicted octanol–water partition coefficient (Wildman–Crippen LogP) is 0.658. The van der Waals surface area contributed by atoms with Gasteiger partial charge in [-0.2, -0.15) is 10.1 Å². The molecule has 88 valence electrons. The van der Waals surface area contributed by atoms with Crippen molar-refractivity contribution >= 4 is 5.97 Å². The number of hydrogen-bond acceptors (Lipinski definition) is 5. The molecular formula is C10H10N4O3. The molecule has 0 spiro atoms. The van der Waals surface area contributed by atoms with E-state index in [0.717, 1.165) is 0 Å². The molecule has 0 amide bonds. The molecule has 1 N–H and O–H groups in total. The van der Waals surface area contributed by atoms with Gasteiger partial charge < -0.3 is 9.63 Å². The largest absolute Gasteiger partial charge is 0.481 e. The van der Waals surface area contributed by atoms with Gasteiger partial charge in [-0.25, -0.2) is 0 Å². The molecular weight excluding hydrogens is 224 g/mol. The van der Waals surface area contributed by atoms with Crippen LogP contribution in [-0.2, 0) is 11.8 Å². The van der Waals surface area contributed by atoms with Crippen molar-refractivity contribution < 1.29 is 14.4 Å². The summed E-state index contributed by atoms with van der Waals surface area (Å²) in [5.41, 5.74) is 0.620. The summed E-state index contributed by atoms with van der Waals surface area (Å²) in [6.07, 6.45) is 2.35. The molecule has 0 saturated heterocycles. The molecule has 1 fully saturated rings. The van der Waals surface area contributed by atoms with Gasteiger partial charge in [0.15, 0.2) is 0 Å². The summed E-state index contributed by atoms with van der Waals surface area (Å²) in [4.78, 5) is 14.9. The summed E-state index contributed by atoms with van der Waals surface area (Å²) in [5.74, 6) is -0.549. The molecule has 1 aliphatic rings. The van der Waals surface area contributed by atoms with E-state index in [1.807, 2.05) is 0 Å². The molecule has 0 aromatic carbocycles. The zero-order chi connectivity index (χ0) is 12.0. The van der Waals surface area contributed by atoms with Gasteiger partial charge in [-0.1, -0.05) is 5.16 Å². The van der Waals surface area contributed by atoms with E-state index in [1.165, 1.54) is 0 Å². The zero-order valence-electron chi connectivity index (χ0n) is 9.07. The highest BCUT2D eigenvalue weighted by molar-refractivity contribution is 5.74. The number of carboxylic acids is 1. The highest BCUT2D eigenvalue weighted by Gasteiger charge is 2.48. The van der Waals surface area contributed by atoms with Crippen LogP contribution in [0.25, 0.3) is 11.5 Å². The fourth-order valence-electron chi connectivity index (χ4n) is 1.77. The van der Waals surface area contributed by atoms with Gasteiger partial charge in [0.2, 0.25) is 11.7 Å². The Morgan fingerprint density at radius 3 is 3.06 bits per heavy atom. The Bertz CT molecular complexity index is 574. The van der Waals surface area contributed by atoms with Crippen LogP contribution in [-0.4, -0.2) is 31.0 Å². The Balaban J connectivity index is 1.82. The smallest absolute Gasteiger partial charge is 0.307 e. The Kier molecular flexibility index (Phi) is 2.01. The third-order valence-electron chi connectivity index (χ3n) is 2.81. The van der Waals surface area contributed by atoms with Crippen LogP contribution in [0.4, 0.5) is 0 Å². The SMILES string of the molecule is Cn1ccc(-c2noc(C3CC3C(=O)O)n2)n1. The number of nitrogens with zero attached hydrogens (tertiary/aromatic N) is 4. The van der Waals surface area contributed by atoms with Crippen molar-refractivity contribution in [3.05, 3.63) is 18.2 Å². The molecule has 7 heteroatoms. The number of hydrogen-bond donors (Lipinski definition) is 1. The minimum atomic E-state index is -0.812. The number of aliphatic carboxylic acids is 1. The fraction of sp³-hybridized carbons (Fsp3) is 0.400. The lowest BCUT2D eigenvalue weighted by atomic mass is 10.3. The molecule has 1 saturated carbocycles. The summed E-state index contributed by atoms with van der Waals surface area (Å²) in [7, 11) is 1.80. The minimum absolute atomic E-state index is 0.141. The molecule has 7 nitrogen and oxygen atoms in total. The summed E-state index contributed by atoms with van der Waals surface area (Å²) < 4.78 is 6.70. The van der Waals surface area contributed by atoms with E-state index >= 15 is 0 Å². The van der Waals surface area contributed by atoms with Gasteiger partial charge >= 0.3 is 5.97 Å². The molecule has 2 unspecified atom stereocenters. The molecule has 2 heterocycles. The number of carbonyl (C=O) groups is 1. The lowest BCUT2D eigenvalue weighted by molar-refractivity contribution is -0.138. The zero-order valence-corrected chi connectivity index (χ0v) is 9.07. The van der Waals surface area contributed by atoms with Gasteiger partial charge in [-0.3, -0.25) is 9.48 Å². The highest BCUT2D eigenvalue weighted by atomic mass is 16.5. The number of aromatic nitrogens is 4. The van der Waals surface area contributed by atoms with Crippen molar-refractivity contribution in [3.8, 4) is 11.5 Å². The van der Waals surface area contributed by atoms with Gasteiger partial charge in [0.1, 0.15) is 5.69 Å². The minimum Gasteiger partial charge on any atom is -0.481 e. The monoisotopic (exact) mass is 234 g/mol. The molecule has 17 heavy (non-hydrogen) atoms. The standard InChI is InChI=1S/C10H10N4O3/c1-14-3-2-7(12-14)8-11-9(17-13-8)5-4-6(5)10(15)16/h2-3,5-6H,4H2,1H3,(H,15,16). The van der Waals surface area contributed by atoms with E-state index in [4.69, 9.17) is 9.63 Å². The molecule has 2 aromatic heterocycles. The average Bonchev–Trinajstić information content (AvgIpc) is 2.74. The van der Waals surface area contributed by atoms with Crippen molar-refractivity contribution in [2.24, 2.45) is 13.0 Å². The summed E-state index contributed by atoms with van der Waals surface area (Å²) in [5, 5.41) is 16.8. The van der Waals surface area contributed by atoms with Crippen molar-refractivity contribution in [2.75, 3.05) is 0 Å². The maximum Gasteiger partial charge on any atom is 0.307 e. The molecule has 0 aliphatic heterocycles. The van der Waals surface area contributed by atoms with Gasteiger partial charge in [-0.15, -0.1) is 0 Å². The van der Waals surface area contributed by atoms with E-state index in [2.05, 4.69) is 15.2 Å². The first-order valence-corrected chi connectivity index (χ1v) is 5.21. The maximum absolute atomic E-state index is 10.7. The van der Waals surface area contributed by atoms with E-state index in [1.54, 1.807) is 24.0 Å². The normalized spacial score (nSPS) is 22.6. The Labute approximate surface area is 96.1 Å². The molecule has 3 rings (SSSR count). The van der Waals surface area contributed by atoms with Crippen LogP contribution in [0.1, 0.15) is 18.2 Å². The summed E-state index contributed by atoms with van der Waals surface area (Å²) in [6, 6.07) is 1.77. The van der Waals surface area contributed by atoms with Crippen LogP contribution in [0.2, 0.25) is 0 Å². The van der Waals surface area contributed by atoms with Crippen LogP contribution in [0.15, 0.2) is 16.8 Å². The first-order valence-electron chi connectivity index (χ1n) is 5.21. The van der Waals surface area contributed by atoms with Gasteiger partial charge in [0.25, 0.3) is 0 Å². The summed E-state index contributed by atoms with van der Waals surface area (Å²) >= 11 is 0. The van der Waals surface area contributed by atoms with Crippen molar-refractivity contribution in [1.82, 2.24) is 19.9 Å². The van der Waals surface area contributed by atoms with Gasteiger partial charge in [0, 0.05) is 13.2 Å². The second kappa shape index (κ2) is 3.41. The topological polar surface area (TPSA) is 94.0 Å². The first-order chi connectivity index (χ1) is 8.15. The lowest BCUT2D eigenvalue weighted by Crippen LogP contribution is -1.98. The van der Waals surface area contributed by atoms with Gasteiger partial charge in [0.05, 0.1) is 11.8 Å². The van der Waals surface area contributed by atoms with Gasteiger partial charge in [-0.05, 0) is 12.5 Å². The molecule has 2 aromatic rings. The predicted molar refractivity (Wildman–Crippen MR) is 55.0 cm³/mol. The summed E-state index contributed by atoms with van der Waals surface area (Å²) in [6.45, 7) is 0. The quantitative estimate of drug-likeness (QED) is 0.838. The van der Waals surface area contributed by atoms with Crippen molar-refractivity contribution in [3.63, 3.8) is 0 Å². The number of rotatable bonds is 3. The second-order valence-electron chi connectivity index (χ2n) is 4.12. The van der Waals surface area contributed by atoms with E-state index in [9.17, 15) is 4.79 Å². The number of aryl methyl sites for hydroxylation is 1. The van der Waals surface area contributed by atoms with Crippen LogP contribution >= 0.6 is 0 Å². The van der Waals surface area contributed by atoms with Crippen molar-refractivity contribution in [1.29, 1.82) is 0 Å². The molecule has 1 aliphatic carbocycles. The first kappa shape index (κ1) is 10.0. The van der Waals surface area contributed by atoms with E-state index < -0.39 is 5.97 Å². The third-order valence-corrected chi connectivity index (χ3v) is 2.81. The molecule has 0 bridgehead atoms. The van der Waals surface area contributed by atoms with Crippen LogP contribution in [0.5, 0.6) is 0 Å². The average molecular weight is 234 g/mol. The van der Waals surface area contributed by atoms with Crippen LogP contribution in [0, 0.1) is 5.92 Å². The second-order valence-corrected chi connectivity index (χ2v) is 4.12. The van der Waals surface area contributed by atoms with Crippen LogP contribution in [0.3, 0.4) is 0 Å².